The molecule has 1 rings (SSSR count). The van der Waals surface area contributed by atoms with Crippen LogP contribution in [-0.2, 0) is 14.3 Å². The highest BCUT2D eigenvalue weighted by atomic mass is 16.5. The summed E-state index contributed by atoms with van der Waals surface area (Å²) in [6.45, 7) is 4.28. The second-order valence-electron chi connectivity index (χ2n) is 3.41. The number of carbonyl (C=O) groups excluding carboxylic acids is 1. The SMILES string of the molecule is CCOC(=O)CNCCC1CCCO1. The van der Waals surface area contributed by atoms with Crippen LogP contribution in [0.4, 0.5) is 0 Å². The first kappa shape index (κ1) is 11.5. The molecule has 0 aromatic rings. The Bertz CT molecular complexity index is 167. The molecule has 4 nitrogen and oxygen atoms in total. The van der Waals surface area contributed by atoms with E-state index in [-0.39, 0.29) is 5.97 Å². The van der Waals surface area contributed by atoms with Crippen molar-refractivity contribution in [3.63, 3.8) is 0 Å². The predicted molar refractivity (Wildman–Crippen MR) is 53.1 cm³/mol. The zero-order valence-electron chi connectivity index (χ0n) is 8.75. The van der Waals surface area contributed by atoms with E-state index < -0.39 is 0 Å². The first-order valence-corrected chi connectivity index (χ1v) is 5.31. The summed E-state index contributed by atoms with van der Waals surface area (Å²) >= 11 is 0. The highest BCUT2D eigenvalue weighted by molar-refractivity contribution is 5.71. The quantitative estimate of drug-likeness (QED) is 0.508. The number of carbonyl (C=O) groups is 1. The lowest BCUT2D eigenvalue weighted by atomic mass is 10.2. The van der Waals surface area contributed by atoms with E-state index in [4.69, 9.17) is 9.47 Å². The molecular weight excluding hydrogens is 182 g/mol. The van der Waals surface area contributed by atoms with Crippen LogP contribution in [-0.4, -0.2) is 38.4 Å². The molecule has 0 saturated carbocycles. The molecule has 1 atom stereocenters. The van der Waals surface area contributed by atoms with Gasteiger partial charge in [-0.1, -0.05) is 0 Å². The fourth-order valence-corrected chi connectivity index (χ4v) is 1.54. The molecule has 1 aliphatic rings. The van der Waals surface area contributed by atoms with Crippen molar-refractivity contribution in [2.45, 2.75) is 32.3 Å². The molecule has 0 aliphatic carbocycles. The molecule has 14 heavy (non-hydrogen) atoms. The van der Waals surface area contributed by atoms with Gasteiger partial charge in [0.25, 0.3) is 0 Å². The van der Waals surface area contributed by atoms with E-state index in [2.05, 4.69) is 5.32 Å². The van der Waals surface area contributed by atoms with Crippen LogP contribution in [0, 0.1) is 0 Å². The lowest BCUT2D eigenvalue weighted by molar-refractivity contribution is -0.142. The van der Waals surface area contributed by atoms with Crippen molar-refractivity contribution in [3.05, 3.63) is 0 Å². The summed E-state index contributed by atoms with van der Waals surface area (Å²) < 4.78 is 10.2. The van der Waals surface area contributed by atoms with E-state index in [1.165, 1.54) is 6.42 Å². The van der Waals surface area contributed by atoms with Crippen molar-refractivity contribution in [2.24, 2.45) is 0 Å². The maximum absolute atomic E-state index is 10.9. The van der Waals surface area contributed by atoms with Gasteiger partial charge in [0, 0.05) is 6.61 Å². The maximum atomic E-state index is 10.9. The second-order valence-corrected chi connectivity index (χ2v) is 3.41. The third-order valence-electron chi connectivity index (χ3n) is 2.24. The average Bonchev–Trinajstić information content (AvgIpc) is 2.65. The summed E-state index contributed by atoms with van der Waals surface area (Å²) in [5, 5.41) is 3.04. The molecule has 1 N–H and O–H groups in total. The Labute approximate surface area is 85.0 Å². The van der Waals surface area contributed by atoms with E-state index in [9.17, 15) is 4.79 Å². The van der Waals surface area contributed by atoms with E-state index in [1.54, 1.807) is 0 Å². The topological polar surface area (TPSA) is 47.6 Å². The zero-order chi connectivity index (χ0) is 10.2. The average molecular weight is 201 g/mol. The van der Waals surface area contributed by atoms with Crippen LogP contribution in [0.2, 0.25) is 0 Å². The Kier molecular flexibility index (Phi) is 5.56. The Balaban J connectivity index is 1.90. The van der Waals surface area contributed by atoms with Gasteiger partial charge in [-0.15, -0.1) is 0 Å². The molecule has 1 fully saturated rings. The minimum atomic E-state index is -0.181. The Morgan fingerprint density at radius 1 is 1.64 bits per heavy atom. The number of nitrogens with one attached hydrogen (secondary N) is 1. The van der Waals surface area contributed by atoms with Crippen molar-refractivity contribution in [1.29, 1.82) is 0 Å². The van der Waals surface area contributed by atoms with Crippen LogP contribution < -0.4 is 5.32 Å². The Morgan fingerprint density at radius 3 is 3.14 bits per heavy atom. The molecule has 0 bridgehead atoms. The summed E-state index contributed by atoms with van der Waals surface area (Å²) in [6.07, 6.45) is 3.70. The molecule has 0 aromatic carbocycles. The summed E-state index contributed by atoms with van der Waals surface area (Å²) in [7, 11) is 0. The number of hydrogen-bond acceptors (Lipinski definition) is 4. The third-order valence-corrected chi connectivity index (χ3v) is 2.24. The first-order chi connectivity index (χ1) is 6.83. The van der Waals surface area contributed by atoms with Crippen LogP contribution in [0.15, 0.2) is 0 Å². The lowest BCUT2D eigenvalue weighted by Gasteiger charge is -2.09. The normalized spacial score (nSPS) is 21.1. The van der Waals surface area contributed by atoms with Gasteiger partial charge in [-0.05, 0) is 32.7 Å². The minimum absolute atomic E-state index is 0.181. The van der Waals surface area contributed by atoms with E-state index >= 15 is 0 Å². The molecule has 1 unspecified atom stereocenters. The molecule has 1 saturated heterocycles. The molecule has 1 aliphatic heterocycles. The van der Waals surface area contributed by atoms with Gasteiger partial charge in [-0.3, -0.25) is 4.79 Å². The standard InChI is InChI=1S/C10H19NO3/c1-2-13-10(12)8-11-6-5-9-4-3-7-14-9/h9,11H,2-8H2,1H3. The highest BCUT2D eigenvalue weighted by Crippen LogP contribution is 2.14. The number of esters is 1. The van der Waals surface area contributed by atoms with Crippen LogP contribution >= 0.6 is 0 Å². The van der Waals surface area contributed by atoms with Crippen molar-refractivity contribution in [2.75, 3.05) is 26.3 Å². The Hall–Kier alpha value is -0.610. The smallest absolute Gasteiger partial charge is 0.319 e. The van der Waals surface area contributed by atoms with Crippen LogP contribution in [0.25, 0.3) is 0 Å². The minimum Gasteiger partial charge on any atom is -0.465 e. The van der Waals surface area contributed by atoms with Crippen LogP contribution in [0.1, 0.15) is 26.2 Å². The van der Waals surface area contributed by atoms with Gasteiger partial charge >= 0.3 is 5.97 Å². The van der Waals surface area contributed by atoms with Crippen molar-refractivity contribution in [3.8, 4) is 0 Å². The molecule has 0 spiro atoms. The largest absolute Gasteiger partial charge is 0.465 e. The van der Waals surface area contributed by atoms with Gasteiger partial charge in [-0.2, -0.15) is 0 Å². The van der Waals surface area contributed by atoms with E-state index in [0.717, 1.165) is 26.0 Å². The summed E-state index contributed by atoms with van der Waals surface area (Å²) in [6, 6.07) is 0. The van der Waals surface area contributed by atoms with Gasteiger partial charge in [0.2, 0.25) is 0 Å². The predicted octanol–water partition coefficient (Wildman–Crippen LogP) is 0.708. The number of ether oxygens (including phenoxy) is 2. The third kappa shape index (κ3) is 4.58. The van der Waals surface area contributed by atoms with Crippen LogP contribution in [0.3, 0.4) is 0 Å². The molecule has 0 aromatic heterocycles. The van der Waals surface area contributed by atoms with Crippen molar-refractivity contribution >= 4 is 5.97 Å². The zero-order valence-corrected chi connectivity index (χ0v) is 8.75. The molecule has 0 amide bonds. The van der Waals surface area contributed by atoms with Gasteiger partial charge in [0.1, 0.15) is 0 Å². The van der Waals surface area contributed by atoms with Crippen LogP contribution in [0.5, 0.6) is 0 Å². The second kappa shape index (κ2) is 6.79. The molecule has 4 heteroatoms. The fraction of sp³-hybridized carbons (Fsp3) is 0.900. The molecular formula is C10H19NO3. The van der Waals surface area contributed by atoms with Gasteiger partial charge in [0.05, 0.1) is 19.3 Å². The number of rotatable bonds is 6. The lowest BCUT2D eigenvalue weighted by Crippen LogP contribution is -2.27. The fourth-order valence-electron chi connectivity index (χ4n) is 1.54. The van der Waals surface area contributed by atoms with Gasteiger partial charge in [-0.25, -0.2) is 0 Å². The molecule has 82 valence electrons. The van der Waals surface area contributed by atoms with E-state index in [0.29, 0.717) is 19.3 Å². The Morgan fingerprint density at radius 2 is 2.50 bits per heavy atom. The monoisotopic (exact) mass is 201 g/mol. The van der Waals surface area contributed by atoms with Crippen molar-refractivity contribution < 1.29 is 14.3 Å². The summed E-state index contributed by atoms with van der Waals surface area (Å²) in [5.74, 6) is -0.181. The van der Waals surface area contributed by atoms with Gasteiger partial charge < -0.3 is 14.8 Å². The first-order valence-electron chi connectivity index (χ1n) is 5.31. The molecule has 0 radical (unpaired) electrons. The maximum Gasteiger partial charge on any atom is 0.319 e. The summed E-state index contributed by atoms with van der Waals surface area (Å²) in [4.78, 5) is 10.9. The highest BCUT2D eigenvalue weighted by Gasteiger charge is 2.14. The number of hydrogen-bond donors (Lipinski definition) is 1. The summed E-state index contributed by atoms with van der Waals surface area (Å²) in [5.41, 5.74) is 0. The van der Waals surface area contributed by atoms with E-state index in [1.807, 2.05) is 6.92 Å². The van der Waals surface area contributed by atoms with Gasteiger partial charge in [0.15, 0.2) is 0 Å². The van der Waals surface area contributed by atoms with Crippen molar-refractivity contribution in [1.82, 2.24) is 5.32 Å². The molecule has 1 heterocycles.